The molecule has 2 amide bonds. The first-order valence-corrected chi connectivity index (χ1v) is 9.10. The highest BCUT2D eigenvalue weighted by molar-refractivity contribution is 7.16. The van der Waals surface area contributed by atoms with Gasteiger partial charge in [0.15, 0.2) is 6.04 Å². The van der Waals surface area contributed by atoms with Gasteiger partial charge in [-0.25, -0.2) is 9.78 Å². The molecule has 1 aliphatic heterocycles. The van der Waals surface area contributed by atoms with Crippen LogP contribution in [0.15, 0.2) is 42.2 Å². The summed E-state index contributed by atoms with van der Waals surface area (Å²) in [7, 11) is 0. The monoisotopic (exact) mass is 392 g/mol. The number of nitrogens with zero attached hydrogens (tertiary/aromatic N) is 4. The molecular weight excluding hydrogens is 377 g/mol. The molecule has 0 aliphatic carbocycles. The number of aryl methyl sites for hydroxylation is 1. The van der Waals surface area contributed by atoms with Gasteiger partial charge in [0.25, 0.3) is 0 Å². The maximum Gasteiger partial charge on any atom is 0.411 e. The van der Waals surface area contributed by atoms with Crippen molar-refractivity contribution in [3.8, 4) is 0 Å². The average molecular weight is 392 g/mol. The SMILES string of the molecule is Cc1ccncc1N1C(=O)N(c2ccc3ncsc3c2)C(C(F)(F)F)C1C. The second-order valence-corrected chi connectivity index (χ2v) is 7.30. The number of halogens is 3. The van der Waals surface area contributed by atoms with E-state index in [0.717, 1.165) is 9.60 Å². The molecule has 1 aliphatic rings. The summed E-state index contributed by atoms with van der Waals surface area (Å²) in [6, 6.07) is 2.60. The number of rotatable bonds is 2. The standard InChI is InChI=1S/C18H15F3N4OS/c1-10-5-6-22-8-14(10)24-11(2)16(18(19,20)21)25(17(24)26)12-3-4-13-15(7-12)27-9-23-13/h3-9,11,16H,1-2H3. The van der Waals surface area contributed by atoms with Crippen LogP contribution in [0.25, 0.3) is 10.2 Å². The predicted molar refractivity (Wildman–Crippen MR) is 98.3 cm³/mol. The summed E-state index contributed by atoms with van der Waals surface area (Å²) in [5, 5.41) is 0. The number of amides is 2. The second-order valence-electron chi connectivity index (χ2n) is 6.42. The lowest BCUT2D eigenvalue weighted by atomic mass is 10.1. The Balaban J connectivity index is 1.85. The fourth-order valence-electron chi connectivity index (χ4n) is 3.48. The summed E-state index contributed by atoms with van der Waals surface area (Å²) in [4.78, 5) is 23.2. The van der Waals surface area contributed by atoms with Crippen molar-refractivity contribution >= 4 is 39.0 Å². The molecule has 0 bridgehead atoms. The number of anilines is 2. The molecule has 27 heavy (non-hydrogen) atoms. The fraction of sp³-hybridized carbons (Fsp3) is 0.278. The van der Waals surface area contributed by atoms with Crippen LogP contribution in [-0.4, -0.2) is 34.3 Å². The van der Waals surface area contributed by atoms with Crippen LogP contribution < -0.4 is 9.80 Å². The van der Waals surface area contributed by atoms with E-state index >= 15 is 0 Å². The van der Waals surface area contributed by atoms with Crippen LogP contribution >= 0.6 is 11.3 Å². The van der Waals surface area contributed by atoms with Gasteiger partial charge in [0, 0.05) is 11.9 Å². The van der Waals surface area contributed by atoms with Gasteiger partial charge in [0.2, 0.25) is 0 Å². The third kappa shape index (κ3) is 2.82. The lowest BCUT2D eigenvalue weighted by Gasteiger charge is -2.27. The van der Waals surface area contributed by atoms with Crippen LogP contribution in [0.2, 0.25) is 0 Å². The molecule has 1 fully saturated rings. The van der Waals surface area contributed by atoms with Crippen LogP contribution in [0.3, 0.4) is 0 Å². The summed E-state index contributed by atoms with van der Waals surface area (Å²) in [6.45, 7) is 3.15. The number of thiazole rings is 1. The zero-order valence-corrected chi connectivity index (χ0v) is 15.3. The van der Waals surface area contributed by atoms with Crippen molar-refractivity contribution in [2.24, 2.45) is 0 Å². The molecule has 3 aromatic rings. The highest BCUT2D eigenvalue weighted by Gasteiger charge is 2.57. The van der Waals surface area contributed by atoms with E-state index in [9.17, 15) is 18.0 Å². The molecule has 140 valence electrons. The first-order chi connectivity index (χ1) is 12.8. The lowest BCUT2D eigenvalue weighted by molar-refractivity contribution is -0.147. The zero-order valence-electron chi connectivity index (χ0n) is 14.4. The van der Waals surface area contributed by atoms with E-state index in [4.69, 9.17) is 0 Å². The molecular formula is C18H15F3N4OS. The van der Waals surface area contributed by atoms with Gasteiger partial charge in [-0.3, -0.25) is 14.8 Å². The maximum atomic E-state index is 13.9. The molecule has 3 heterocycles. The second kappa shape index (κ2) is 6.19. The molecule has 0 N–H and O–H groups in total. The molecule has 0 radical (unpaired) electrons. The van der Waals surface area contributed by atoms with E-state index in [2.05, 4.69) is 9.97 Å². The predicted octanol–water partition coefficient (Wildman–Crippen LogP) is 4.77. The Morgan fingerprint density at radius 1 is 1.19 bits per heavy atom. The zero-order chi connectivity index (χ0) is 19.3. The fourth-order valence-corrected chi connectivity index (χ4v) is 4.19. The smallest absolute Gasteiger partial charge is 0.287 e. The number of aromatic nitrogens is 2. The van der Waals surface area contributed by atoms with Gasteiger partial charge in [0.1, 0.15) is 0 Å². The number of alkyl halides is 3. The number of hydrogen-bond donors (Lipinski definition) is 0. The number of carbonyl (C=O) groups is 1. The summed E-state index contributed by atoms with van der Waals surface area (Å²) >= 11 is 1.32. The number of pyridine rings is 1. The third-order valence-electron chi connectivity index (χ3n) is 4.75. The molecule has 1 aromatic carbocycles. The third-order valence-corrected chi connectivity index (χ3v) is 5.55. The van der Waals surface area contributed by atoms with E-state index in [1.807, 2.05) is 0 Å². The van der Waals surface area contributed by atoms with Crippen molar-refractivity contribution in [1.82, 2.24) is 9.97 Å². The van der Waals surface area contributed by atoms with Crippen LogP contribution in [0.5, 0.6) is 0 Å². The molecule has 2 atom stereocenters. The minimum Gasteiger partial charge on any atom is -0.287 e. The van der Waals surface area contributed by atoms with Crippen molar-refractivity contribution in [2.45, 2.75) is 32.1 Å². The Kier molecular flexibility index (Phi) is 4.06. The van der Waals surface area contributed by atoms with Gasteiger partial charge in [-0.15, -0.1) is 11.3 Å². The normalized spacial score (nSPS) is 20.7. The lowest BCUT2D eigenvalue weighted by Crippen LogP contribution is -2.47. The van der Waals surface area contributed by atoms with Crippen molar-refractivity contribution in [3.05, 3.63) is 47.7 Å². The van der Waals surface area contributed by atoms with Crippen molar-refractivity contribution < 1.29 is 18.0 Å². The highest BCUT2D eigenvalue weighted by Crippen LogP contribution is 2.41. The Morgan fingerprint density at radius 2 is 1.96 bits per heavy atom. The molecule has 0 spiro atoms. The molecule has 1 saturated heterocycles. The molecule has 2 unspecified atom stereocenters. The first-order valence-electron chi connectivity index (χ1n) is 8.22. The summed E-state index contributed by atoms with van der Waals surface area (Å²) in [6.07, 6.45) is -1.61. The van der Waals surface area contributed by atoms with Crippen LogP contribution in [0, 0.1) is 6.92 Å². The van der Waals surface area contributed by atoms with E-state index in [-0.39, 0.29) is 5.69 Å². The summed E-state index contributed by atoms with van der Waals surface area (Å²) in [5.74, 6) is 0. The van der Waals surface area contributed by atoms with E-state index in [1.54, 1.807) is 36.8 Å². The molecule has 4 rings (SSSR count). The van der Waals surface area contributed by atoms with E-state index < -0.39 is 24.3 Å². The van der Waals surface area contributed by atoms with Crippen molar-refractivity contribution in [2.75, 3.05) is 9.80 Å². The number of urea groups is 1. The summed E-state index contributed by atoms with van der Waals surface area (Å²) in [5.41, 5.74) is 3.58. The Labute approximate surface area is 157 Å². The Morgan fingerprint density at radius 3 is 2.67 bits per heavy atom. The van der Waals surface area contributed by atoms with Crippen LogP contribution in [0.4, 0.5) is 29.3 Å². The molecule has 5 nitrogen and oxygen atoms in total. The Bertz CT molecular complexity index is 1020. The number of carbonyl (C=O) groups excluding carboxylic acids is 1. The Hall–Kier alpha value is -2.68. The minimum absolute atomic E-state index is 0.204. The number of benzene rings is 1. The van der Waals surface area contributed by atoms with E-state index in [0.29, 0.717) is 16.8 Å². The van der Waals surface area contributed by atoms with Gasteiger partial charge in [-0.1, -0.05) is 0 Å². The number of fused-ring (bicyclic) bond motifs is 1. The maximum absolute atomic E-state index is 13.9. The van der Waals surface area contributed by atoms with Gasteiger partial charge < -0.3 is 0 Å². The topological polar surface area (TPSA) is 49.3 Å². The van der Waals surface area contributed by atoms with E-state index in [1.165, 1.54) is 35.4 Å². The molecule has 0 saturated carbocycles. The quantitative estimate of drug-likeness (QED) is 0.632. The minimum atomic E-state index is -4.58. The van der Waals surface area contributed by atoms with Gasteiger partial charge in [-0.05, 0) is 43.7 Å². The highest BCUT2D eigenvalue weighted by atomic mass is 32.1. The van der Waals surface area contributed by atoms with Crippen LogP contribution in [0.1, 0.15) is 12.5 Å². The molecule has 2 aromatic heterocycles. The van der Waals surface area contributed by atoms with Crippen molar-refractivity contribution in [3.63, 3.8) is 0 Å². The van der Waals surface area contributed by atoms with Crippen LogP contribution in [-0.2, 0) is 0 Å². The van der Waals surface area contributed by atoms with Crippen molar-refractivity contribution in [1.29, 1.82) is 0 Å². The van der Waals surface area contributed by atoms with Gasteiger partial charge in [-0.2, -0.15) is 13.2 Å². The largest absolute Gasteiger partial charge is 0.411 e. The molecule has 9 heteroatoms. The first kappa shape index (κ1) is 17.7. The average Bonchev–Trinajstić information content (AvgIpc) is 3.17. The number of hydrogen-bond acceptors (Lipinski definition) is 4. The summed E-state index contributed by atoms with van der Waals surface area (Å²) < 4.78 is 42.5. The van der Waals surface area contributed by atoms with Gasteiger partial charge in [0.05, 0.1) is 33.7 Å². The van der Waals surface area contributed by atoms with Gasteiger partial charge >= 0.3 is 12.2 Å².